The maximum Gasteiger partial charge on any atom is 0.263 e. The van der Waals surface area contributed by atoms with Crippen LogP contribution < -0.4 is 4.72 Å². The zero-order valence-corrected chi connectivity index (χ0v) is 18.3. The number of nitrogens with zero attached hydrogens (tertiary/aromatic N) is 3. The summed E-state index contributed by atoms with van der Waals surface area (Å²) in [7, 11) is -3.84. The number of benzene rings is 2. The van der Waals surface area contributed by atoms with Gasteiger partial charge in [0.25, 0.3) is 10.0 Å². The molecule has 0 saturated heterocycles. The summed E-state index contributed by atoms with van der Waals surface area (Å²) in [6.45, 7) is 6.22. The first-order valence-corrected chi connectivity index (χ1v) is 11.3. The normalized spacial score (nSPS) is 11.9. The quantitative estimate of drug-likeness (QED) is 0.495. The lowest BCUT2D eigenvalue weighted by molar-refractivity contribution is 0.587. The van der Waals surface area contributed by atoms with E-state index in [-0.39, 0.29) is 16.1 Å². The maximum atomic E-state index is 13.0. The highest BCUT2D eigenvalue weighted by molar-refractivity contribution is 7.92. The predicted molar refractivity (Wildman–Crippen MR) is 121 cm³/mol. The molecule has 0 aliphatic carbocycles. The van der Waals surface area contributed by atoms with Crippen LogP contribution in [0, 0.1) is 11.3 Å². The smallest absolute Gasteiger partial charge is 0.263 e. The first-order chi connectivity index (χ1) is 14.7. The molecule has 0 aliphatic rings. The van der Waals surface area contributed by atoms with Crippen LogP contribution in [-0.2, 0) is 15.4 Å². The molecule has 2 aromatic heterocycles. The van der Waals surface area contributed by atoms with E-state index in [9.17, 15) is 13.7 Å². The van der Waals surface area contributed by atoms with E-state index >= 15 is 0 Å². The topological polar surface area (TPSA) is 87.3 Å². The van der Waals surface area contributed by atoms with Crippen molar-refractivity contribution in [2.24, 2.45) is 0 Å². The van der Waals surface area contributed by atoms with Gasteiger partial charge in [-0.3, -0.25) is 4.72 Å². The number of rotatable bonds is 4. The van der Waals surface area contributed by atoms with E-state index in [4.69, 9.17) is 0 Å². The summed E-state index contributed by atoms with van der Waals surface area (Å²) in [6.07, 6.45) is 0. The Labute approximate surface area is 181 Å². The lowest BCUT2D eigenvalue weighted by Gasteiger charge is -2.19. The summed E-state index contributed by atoms with van der Waals surface area (Å²) in [5, 5.41) is 14.0. The van der Waals surface area contributed by atoms with Gasteiger partial charge < -0.3 is 0 Å². The molecule has 4 aromatic rings. The summed E-state index contributed by atoms with van der Waals surface area (Å²) in [5.74, 6) is 0.260. The van der Waals surface area contributed by atoms with Crippen LogP contribution in [0.4, 0.5) is 5.82 Å². The van der Waals surface area contributed by atoms with Crippen LogP contribution in [0.3, 0.4) is 0 Å². The molecule has 0 radical (unpaired) electrons. The molecule has 7 heteroatoms. The number of anilines is 1. The van der Waals surface area contributed by atoms with Crippen molar-refractivity contribution in [2.45, 2.75) is 31.1 Å². The minimum absolute atomic E-state index is 0.0715. The number of hydrogen-bond donors (Lipinski definition) is 1. The highest BCUT2D eigenvalue weighted by Crippen LogP contribution is 2.27. The van der Waals surface area contributed by atoms with Crippen LogP contribution >= 0.6 is 0 Å². The Kier molecular flexibility index (Phi) is 5.03. The van der Waals surface area contributed by atoms with E-state index in [0.29, 0.717) is 16.8 Å². The third-order valence-electron chi connectivity index (χ3n) is 5.08. The molecule has 6 nitrogen and oxygen atoms in total. The summed E-state index contributed by atoms with van der Waals surface area (Å²) in [5.41, 5.74) is 3.45. The van der Waals surface area contributed by atoms with Gasteiger partial charge in [-0.05, 0) is 41.3 Å². The average molecular weight is 431 g/mol. The van der Waals surface area contributed by atoms with Gasteiger partial charge in [0.2, 0.25) is 0 Å². The van der Waals surface area contributed by atoms with Gasteiger partial charge in [0.05, 0.1) is 21.7 Å². The Balaban J connectivity index is 1.76. The molecular formula is C24H22N4O2S. The fraction of sp³-hybridized carbons (Fsp3) is 0.167. The average Bonchev–Trinajstić information content (AvgIpc) is 3.20. The molecule has 31 heavy (non-hydrogen) atoms. The van der Waals surface area contributed by atoms with Crippen molar-refractivity contribution >= 4 is 21.4 Å². The van der Waals surface area contributed by atoms with E-state index in [1.54, 1.807) is 30.3 Å². The second-order valence-corrected chi connectivity index (χ2v) is 10.00. The first kappa shape index (κ1) is 20.6. The van der Waals surface area contributed by atoms with Crippen molar-refractivity contribution < 1.29 is 8.42 Å². The minimum Gasteiger partial charge on any atom is -0.263 e. The molecule has 1 N–H and O–H groups in total. The molecule has 2 aromatic carbocycles. The van der Waals surface area contributed by atoms with Crippen LogP contribution in [0.25, 0.3) is 16.8 Å². The third kappa shape index (κ3) is 4.03. The van der Waals surface area contributed by atoms with Gasteiger partial charge in [0, 0.05) is 5.56 Å². The number of sulfonamides is 1. The Morgan fingerprint density at radius 2 is 1.65 bits per heavy atom. The third-order valence-corrected chi connectivity index (χ3v) is 6.45. The van der Waals surface area contributed by atoms with Crippen molar-refractivity contribution in [1.82, 2.24) is 9.61 Å². The maximum absolute atomic E-state index is 13.0. The van der Waals surface area contributed by atoms with Gasteiger partial charge in [-0.25, -0.2) is 12.9 Å². The zero-order valence-electron chi connectivity index (χ0n) is 17.5. The van der Waals surface area contributed by atoms with E-state index in [2.05, 4.69) is 36.7 Å². The van der Waals surface area contributed by atoms with Crippen molar-refractivity contribution in [3.05, 3.63) is 83.9 Å². The number of pyridine rings is 1. The minimum atomic E-state index is -3.84. The fourth-order valence-corrected chi connectivity index (χ4v) is 4.37. The predicted octanol–water partition coefficient (Wildman–Crippen LogP) is 4.97. The van der Waals surface area contributed by atoms with E-state index in [0.717, 1.165) is 11.1 Å². The largest absolute Gasteiger partial charge is 0.263 e. The van der Waals surface area contributed by atoms with Crippen LogP contribution in [0.5, 0.6) is 0 Å². The highest BCUT2D eigenvalue weighted by atomic mass is 32.2. The SMILES string of the molecule is CC(C)(C)c1ccc(S(=O)(=O)Nc2ccc(C#N)c3cc(-c4ccccc4)nn23)cc1. The second-order valence-electron chi connectivity index (χ2n) is 8.32. The Bertz CT molecular complexity index is 1390. The number of nitrogens with one attached hydrogen (secondary N) is 1. The highest BCUT2D eigenvalue weighted by Gasteiger charge is 2.20. The van der Waals surface area contributed by atoms with E-state index in [1.807, 2.05) is 42.5 Å². The molecule has 0 spiro atoms. The van der Waals surface area contributed by atoms with Crippen LogP contribution in [0.15, 0.2) is 77.7 Å². The van der Waals surface area contributed by atoms with Gasteiger partial charge in [-0.2, -0.15) is 10.4 Å². The molecule has 0 atom stereocenters. The molecule has 4 rings (SSSR count). The molecular weight excluding hydrogens is 408 g/mol. The Hall–Kier alpha value is -3.63. The molecule has 0 amide bonds. The van der Waals surface area contributed by atoms with Crippen molar-refractivity contribution in [3.8, 4) is 17.3 Å². The van der Waals surface area contributed by atoms with Gasteiger partial charge >= 0.3 is 0 Å². The molecule has 0 aliphatic heterocycles. The number of hydrogen-bond acceptors (Lipinski definition) is 4. The summed E-state index contributed by atoms with van der Waals surface area (Å²) in [4.78, 5) is 0.161. The number of fused-ring (bicyclic) bond motifs is 1. The Morgan fingerprint density at radius 1 is 0.968 bits per heavy atom. The van der Waals surface area contributed by atoms with Crippen molar-refractivity contribution in [2.75, 3.05) is 4.72 Å². The van der Waals surface area contributed by atoms with Gasteiger partial charge in [0.1, 0.15) is 11.9 Å². The molecule has 2 heterocycles. The molecule has 0 bridgehead atoms. The summed E-state index contributed by atoms with van der Waals surface area (Å²) in [6, 6.07) is 23.4. The molecule has 0 fully saturated rings. The first-order valence-electron chi connectivity index (χ1n) is 9.81. The molecule has 0 saturated carbocycles. The van der Waals surface area contributed by atoms with Gasteiger partial charge in [0.15, 0.2) is 0 Å². The molecule has 0 unspecified atom stereocenters. The monoisotopic (exact) mass is 430 g/mol. The lowest BCUT2D eigenvalue weighted by atomic mass is 9.87. The van der Waals surface area contributed by atoms with Crippen molar-refractivity contribution in [1.29, 1.82) is 5.26 Å². The summed E-state index contributed by atoms with van der Waals surface area (Å²) < 4.78 is 30.1. The molecule has 156 valence electrons. The second kappa shape index (κ2) is 7.56. The van der Waals surface area contributed by atoms with E-state index in [1.165, 1.54) is 4.52 Å². The van der Waals surface area contributed by atoms with Crippen LogP contribution in [0.1, 0.15) is 31.9 Å². The van der Waals surface area contributed by atoms with Crippen LogP contribution in [0.2, 0.25) is 0 Å². The summed E-state index contributed by atoms with van der Waals surface area (Å²) >= 11 is 0. The number of aromatic nitrogens is 2. The number of nitriles is 1. The Morgan fingerprint density at radius 3 is 2.26 bits per heavy atom. The van der Waals surface area contributed by atoms with Gasteiger partial charge in [-0.15, -0.1) is 0 Å². The standard InChI is InChI=1S/C24H22N4O2S/c1-24(2,3)19-10-12-20(13-11-19)31(29,30)27-23-14-9-18(16-25)22-15-21(26-28(22)23)17-7-5-4-6-8-17/h4-15,27H,1-3H3. The van der Waals surface area contributed by atoms with E-state index < -0.39 is 10.0 Å². The van der Waals surface area contributed by atoms with Crippen molar-refractivity contribution in [3.63, 3.8) is 0 Å². The van der Waals surface area contributed by atoms with Crippen LogP contribution in [-0.4, -0.2) is 18.0 Å². The lowest BCUT2D eigenvalue weighted by Crippen LogP contribution is -2.17. The zero-order chi connectivity index (χ0) is 22.2. The fourth-order valence-electron chi connectivity index (χ4n) is 3.33. The van der Waals surface area contributed by atoms with Gasteiger partial charge in [-0.1, -0.05) is 63.2 Å².